The van der Waals surface area contributed by atoms with Crippen LogP contribution in [0.4, 0.5) is 0 Å². The quantitative estimate of drug-likeness (QED) is 0.800. The lowest BCUT2D eigenvalue weighted by Crippen LogP contribution is -2.60. The Morgan fingerprint density at radius 2 is 1.32 bits per heavy atom. The lowest BCUT2D eigenvalue weighted by atomic mass is 9.49. The van der Waals surface area contributed by atoms with Gasteiger partial charge in [0.2, 0.25) is 17.7 Å². The van der Waals surface area contributed by atoms with Crippen LogP contribution in [0.5, 0.6) is 0 Å². The average Bonchev–Trinajstić information content (AvgIpc) is 2.64. The standard InChI is InChI=1S/C22H35N3O3/c1-14(2)19(20(27)25-6-4-24(5-7-25)15(3)26)23-21(28)22-11-16-8-17(12-22)10-18(9-16)13-22/h14,16-19H,4-13H2,1-3H3,(H,23,28). The van der Waals surface area contributed by atoms with Gasteiger partial charge in [0, 0.05) is 38.5 Å². The zero-order chi connectivity index (χ0) is 20.1. The largest absolute Gasteiger partial charge is 0.344 e. The molecule has 3 amide bonds. The second-order valence-corrected chi connectivity index (χ2v) is 10.2. The molecule has 1 unspecified atom stereocenters. The summed E-state index contributed by atoms with van der Waals surface area (Å²) >= 11 is 0. The fourth-order valence-electron chi connectivity index (χ4n) is 6.64. The number of nitrogens with one attached hydrogen (secondary N) is 1. The first-order chi connectivity index (χ1) is 13.3. The van der Waals surface area contributed by atoms with Crippen LogP contribution in [0.15, 0.2) is 0 Å². The lowest BCUT2D eigenvalue weighted by molar-refractivity contribution is -0.151. The van der Waals surface area contributed by atoms with Crippen LogP contribution in [0.3, 0.4) is 0 Å². The van der Waals surface area contributed by atoms with Crippen LogP contribution in [0, 0.1) is 29.1 Å². The van der Waals surface area contributed by atoms with E-state index in [4.69, 9.17) is 0 Å². The van der Waals surface area contributed by atoms with E-state index in [0.717, 1.165) is 19.3 Å². The minimum Gasteiger partial charge on any atom is -0.344 e. The molecule has 0 aromatic heterocycles. The molecule has 1 saturated heterocycles. The van der Waals surface area contributed by atoms with Gasteiger partial charge in [-0.2, -0.15) is 0 Å². The van der Waals surface area contributed by atoms with Crippen LogP contribution < -0.4 is 5.32 Å². The van der Waals surface area contributed by atoms with Crippen LogP contribution in [0.25, 0.3) is 0 Å². The maximum Gasteiger partial charge on any atom is 0.245 e. The van der Waals surface area contributed by atoms with Crippen molar-refractivity contribution in [1.29, 1.82) is 0 Å². The van der Waals surface area contributed by atoms with Gasteiger partial charge >= 0.3 is 0 Å². The van der Waals surface area contributed by atoms with Crippen molar-refractivity contribution >= 4 is 17.7 Å². The minimum atomic E-state index is -0.468. The summed E-state index contributed by atoms with van der Waals surface area (Å²) in [5.74, 6) is 2.38. The molecule has 4 saturated carbocycles. The van der Waals surface area contributed by atoms with Gasteiger partial charge in [-0.05, 0) is 62.2 Å². The van der Waals surface area contributed by atoms with E-state index >= 15 is 0 Å². The molecule has 0 aromatic rings. The number of carbonyl (C=O) groups excluding carboxylic acids is 3. The molecule has 5 aliphatic rings. The van der Waals surface area contributed by atoms with E-state index in [9.17, 15) is 14.4 Å². The number of rotatable bonds is 4. The van der Waals surface area contributed by atoms with Crippen molar-refractivity contribution in [3.05, 3.63) is 0 Å². The molecular formula is C22H35N3O3. The highest BCUT2D eigenvalue weighted by molar-refractivity contribution is 5.90. The number of piperazine rings is 1. The highest BCUT2D eigenvalue weighted by Crippen LogP contribution is 2.60. The van der Waals surface area contributed by atoms with Gasteiger partial charge < -0.3 is 15.1 Å². The average molecular weight is 390 g/mol. The minimum absolute atomic E-state index is 0.0104. The Labute approximate surface area is 168 Å². The number of carbonyl (C=O) groups is 3. The predicted octanol–water partition coefficient (Wildman–Crippen LogP) is 2.03. The summed E-state index contributed by atoms with van der Waals surface area (Å²) in [6.45, 7) is 7.84. The first kappa shape index (κ1) is 19.7. The molecule has 0 radical (unpaired) electrons. The van der Waals surface area contributed by atoms with E-state index in [-0.39, 0.29) is 29.1 Å². The zero-order valence-electron chi connectivity index (χ0n) is 17.6. The van der Waals surface area contributed by atoms with Gasteiger partial charge in [0.15, 0.2) is 0 Å². The van der Waals surface area contributed by atoms with Gasteiger partial charge in [0.25, 0.3) is 0 Å². The molecule has 0 aromatic carbocycles. The third-order valence-electron chi connectivity index (χ3n) is 7.78. The Kier molecular flexibility index (Phi) is 5.17. The topological polar surface area (TPSA) is 69.7 Å². The van der Waals surface area contributed by atoms with E-state index in [2.05, 4.69) is 5.32 Å². The Balaban J connectivity index is 1.42. The van der Waals surface area contributed by atoms with Crippen molar-refractivity contribution < 1.29 is 14.4 Å². The van der Waals surface area contributed by atoms with E-state index in [1.165, 1.54) is 19.3 Å². The van der Waals surface area contributed by atoms with E-state index < -0.39 is 6.04 Å². The monoisotopic (exact) mass is 389 g/mol. The maximum atomic E-state index is 13.4. The molecule has 4 bridgehead atoms. The summed E-state index contributed by atoms with van der Waals surface area (Å²) in [7, 11) is 0. The van der Waals surface area contributed by atoms with Crippen molar-refractivity contribution in [1.82, 2.24) is 15.1 Å². The van der Waals surface area contributed by atoms with Gasteiger partial charge in [-0.3, -0.25) is 14.4 Å². The summed E-state index contributed by atoms with van der Waals surface area (Å²) in [5.41, 5.74) is -0.227. The molecule has 1 N–H and O–H groups in total. The fourth-order valence-corrected chi connectivity index (χ4v) is 6.64. The smallest absolute Gasteiger partial charge is 0.245 e. The predicted molar refractivity (Wildman–Crippen MR) is 106 cm³/mol. The second-order valence-electron chi connectivity index (χ2n) is 10.2. The molecule has 5 fully saturated rings. The zero-order valence-corrected chi connectivity index (χ0v) is 17.6. The molecule has 6 heteroatoms. The molecule has 1 heterocycles. The molecule has 0 spiro atoms. The Morgan fingerprint density at radius 3 is 1.75 bits per heavy atom. The van der Waals surface area contributed by atoms with Gasteiger partial charge in [0.05, 0.1) is 0 Å². The number of hydrogen-bond acceptors (Lipinski definition) is 3. The molecule has 1 aliphatic heterocycles. The van der Waals surface area contributed by atoms with Gasteiger partial charge in [-0.25, -0.2) is 0 Å². The van der Waals surface area contributed by atoms with Crippen molar-refractivity contribution in [2.24, 2.45) is 29.1 Å². The molecule has 5 rings (SSSR count). The molecular weight excluding hydrogens is 354 g/mol. The van der Waals surface area contributed by atoms with Crippen molar-refractivity contribution in [3.8, 4) is 0 Å². The number of hydrogen-bond donors (Lipinski definition) is 1. The summed E-state index contributed by atoms with van der Waals surface area (Å²) < 4.78 is 0. The molecule has 1 atom stereocenters. The van der Waals surface area contributed by atoms with Crippen LogP contribution in [0.2, 0.25) is 0 Å². The van der Waals surface area contributed by atoms with Gasteiger partial charge in [-0.15, -0.1) is 0 Å². The number of amides is 3. The summed E-state index contributed by atoms with van der Waals surface area (Å²) in [5, 5.41) is 3.19. The molecule has 4 aliphatic carbocycles. The fraction of sp³-hybridized carbons (Fsp3) is 0.864. The summed E-state index contributed by atoms with van der Waals surface area (Å²) in [4.78, 5) is 41.7. The molecule has 28 heavy (non-hydrogen) atoms. The van der Waals surface area contributed by atoms with Crippen molar-refractivity contribution in [2.45, 2.75) is 65.3 Å². The third-order valence-corrected chi connectivity index (χ3v) is 7.78. The highest BCUT2D eigenvalue weighted by atomic mass is 16.2. The normalized spacial score (nSPS) is 35.2. The lowest BCUT2D eigenvalue weighted by Gasteiger charge is -2.56. The first-order valence-corrected chi connectivity index (χ1v) is 11.1. The summed E-state index contributed by atoms with van der Waals surface area (Å²) in [6.07, 6.45) is 6.96. The van der Waals surface area contributed by atoms with Gasteiger partial charge in [-0.1, -0.05) is 13.8 Å². The Morgan fingerprint density at radius 1 is 0.857 bits per heavy atom. The first-order valence-electron chi connectivity index (χ1n) is 11.1. The molecule has 6 nitrogen and oxygen atoms in total. The SMILES string of the molecule is CC(=O)N1CCN(C(=O)C(NC(=O)C23CC4CC(CC(C4)C2)C3)C(C)C)CC1. The van der Waals surface area contributed by atoms with Crippen LogP contribution in [0.1, 0.15) is 59.3 Å². The molecule has 156 valence electrons. The van der Waals surface area contributed by atoms with E-state index in [1.807, 2.05) is 18.7 Å². The van der Waals surface area contributed by atoms with Crippen LogP contribution in [-0.4, -0.2) is 59.7 Å². The second kappa shape index (κ2) is 7.34. The third kappa shape index (κ3) is 3.55. The van der Waals surface area contributed by atoms with Crippen LogP contribution in [-0.2, 0) is 14.4 Å². The van der Waals surface area contributed by atoms with E-state index in [0.29, 0.717) is 43.9 Å². The van der Waals surface area contributed by atoms with E-state index in [1.54, 1.807) is 11.8 Å². The Hall–Kier alpha value is -1.59. The van der Waals surface area contributed by atoms with Crippen molar-refractivity contribution in [2.75, 3.05) is 26.2 Å². The Bertz CT molecular complexity index is 616. The summed E-state index contributed by atoms with van der Waals surface area (Å²) in [6, 6.07) is -0.468. The highest BCUT2D eigenvalue weighted by Gasteiger charge is 2.55. The van der Waals surface area contributed by atoms with Crippen molar-refractivity contribution in [3.63, 3.8) is 0 Å². The van der Waals surface area contributed by atoms with Crippen LogP contribution >= 0.6 is 0 Å². The number of nitrogens with zero attached hydrogens (tertiary/aromatic N) is 2. The maximum absolute atomic E-state index is 13.4. The van der Waals surface area contributed by atoms with Gasteiger partial charge in [0.1, 0.15) is 6.04 Å².